The zero-order valence-corrected chi connectivity index (χ0v) is 16.3. The molecule has 0 unspecified atom stereocenters. The number of benzene rings is 1. The highest BCUT2D eigenvalue weighted by atomic mass is 32.2. The molecule has 7 heteroatoms. The third-order valence-corrected chi connectivity index (χ3v) is 5.35. The Labute approximate surface area is 161 Å². The van der Waals surface area contributed by atoms with Crippen molar-refractivity contribution < 1.29 is 19.5 Å². The molecule has 1 aromatic heterocycles. The molecular formula is C20H20N2O4S. The number of carboxylic acid groups (broad SMARTS) is 1. The van der Waals surface area contributed by atoms with Gasteiger partial charge in [-0.2, -0.15) is 0 Å². The van der Waals surface area contributed by atoms with Crippen LogP contribution in [-0.4, -0.2) is 37.7 Å². The first kappa shape index (κ1) is 19.0. The number of hydrogen-bond donors (Lipinski definition) is 1. The first-order valence-electron chi connectivity index (χ1n) is 8.50. The zero-order chi connectivity index (χ0) is 19.9. The third kappa shape index (κ3) is 3.42. The molecule has 0 radical (unpaired) electrons. The highest BCUT2D eigenvalue weighted by molar-refractivity contribution is 8.18. The van der Waals surface area contributed by atoms with Gasteiger partial charge in [0.25, 0.3) is 11.1 Å². The lowest BCUT2D eigenvalue weighted by Crippen LogP contribution is -2.34. The highest BCUT2D eigenvalue weighted by Gasteiger charge is 2.36. The van der Waals surface area contributed by atoms with Crippen LogP contribution >= 0.6 is 11.8 Å². The normalized spacial score (nSPS) is 16.0. The zero-order valence-electron chi connectivity index (χ0n) is 15.5. The topological polar surface area (TPSA) is 79.6 Å². The van der Waals surface area contributed by atoms with Crippen LogP contribution in [0.4, 0.5) is 4.79 Å². The Kier molecular flexibility index (Phi) is 4.97. The van der Waals surface area contributed by atoms with Gasteiger partial charge in [-0.3, -0.25) is 14.5 Å². The quantitative estimate of drug-likeness (QED) is 0.798. The van der Waals surface area contributed by atoms with E-state index in [0.29, 0.717) is 4.91 Å². The van der Waals surface area contributed by atoms with Gasteiger partial charge in [0.05, 0.1) is 10.5 Å². The van der Waals surface area contributed by atoms with Crippen molar-refractivity contribution in [3.8, 4) is 5.69 Å². The Hall–Kier alpha value is -2.80. The van der Waals surface area contributed by atoms with E-state index in [9.17, 15) is 14.4 Å². The standard InChI is InChI=1S/C20H20N2O4S/c1-11(2)21-18(23)17(27-20(21)26)10-15-9-12(3)22(13(15)4)16-7-5-14(6-8-16)19(24)25/h5-11H,1-4H3,(H,24,25)/b17-10+. The molecular weight excluding hydrogens is 364 g/mol. The summed E-state index contributed by atoms with van der Waals surface area (Å²) >= 11 is 0.954. The Morgan fingerprint density at radius 2 is 1.78 bits per heavy atom. The van der Waals surface area contributed by atoms with Gasteiger partial charge in [-0.1, -0.05) is 0 Å². The van der Waals surface area contributed by atoms with Crippen molar-refractivity contribution >= 4 is 35.0 Å². The number of hydrogen-bond acceptors (Lipinski definition) is 4. The van der Waals surface area contributed by atoms with E-state index in [1.54, 1.807) is 30.3 Å². The molecule has 27 heavy (non-hydrogen) atoms. The predicted octanol–water partition coefficient (Wildman–Crippen LogP) is 4.24. The fraction of sp³-hybridized carbons (Fsp3) is 0.250. The second kappa shape index (κ2) is 7.08. The van der Waals surface area contributed by atoms with Crippen molar-refractivity contribution in [3.63, 3.8) is 0 Å². The maximum atomic E-state index is 12.5. The summed E-state index contributed by atoms with van der Waals surface area (Å²) in [6, 6.07) is 8.39. The number of imide groups is 1. The molecule has 0 atom stereocenters. The van der Waals surface area contributed by atoms with Gasteiger partial charge < -0.3 is 9.67 Å². The minimum absolute atomic E-state index is 0.177. The summed E-state index contributed by atoms with van der Waals surface area (Å²) in [5.74, 6) is -1.24. The number of thioether (sulfide) groups is 1. The summed E-state index contributed by atoms with van der Waals surface area (Å²) in [6.45, 7) is 7.49. The van der Waals surface area contributed by atoms with Gasteiger partial charge in [-0.25, -0.2) is 4.79 Å². The number of aryl methyl sites for hydroxylation is 1. The molecule has 2 amide bonds. The van der Waals surface area contributed by atoms with Crippen LogP contribution in [0, 0.1) is 13.8 Å². The molecule has 2 aromatic rings. The van der Waals surface area contributed by atoms with Gasteiger partial charge in [-0.05, 0) is 81.4 Å². The minimum Gasteiger partial charge on any atom is -0.478 e. The van der Waals surface area contributed by atoms with Crippen molar-refractivity contribution in [2.45, 2.75) is 33.7 Å². The van der Waals surface area contributed by atoms with Gasteiger partial charge in [-0.15, -0.1) is 0 Å². The van der Waals surface area contributed by atoms with Crippen LogP contribution in [0.1, 0.15) is 41.2 Å². The SMILES string of the molecule is Cc1cc(/C=C2/SC(=O)N(C(C)C)C2=O)c(C)n1-c1ccc(C(=O)O)cc1. The maximum absolute atomic E-state index is 12.5. The lowest BCUT2D eigenvalue weighted by Gasteiger charge is -2.16. The van der Waals surface area contributed by atoms with Crippen LogP contribution in [-0.2, 0) is 4.79 Å². The molecule has 2 heterocycles. The van der Waals surface area contributed by atoms with Gasteiger partial charge in [0.1, 0.15) is 0 Å². The van der Waals surface area contributed by atoms with E-state index in [2.05, 4.69) is 0 Å². The van der Waals surface area contributed by atoms with Crippen molar-refractivity contribution in [2.24, 2.45) is 0 Å². The van der Waals surface area contributed by atoms with Gasteiger partial charge in [0, 0.05) is 23.1 Å². The number of rotatable bonds is 4. The van der Waals surface area contributed by atoms with Crippen molar-refractivity contribution in [2.75, 3.05) is 0 Å². The van der Waals surface area contributed by atoms with Gasteiger partial charge in [0.15, 0.2) is 0 Å². The number of carboxylic acids is 1. The predicted molar refractivity (Wildman–Crippen MR) is 105 cm³/mol. The molecule has 0 bridgehead atoms. The second-order valence-electron chi connectivity index (χ2n) is 6.66. The fourth-order valence-corrected chi connectivity index (χ4v) is 4.10. The van der Waals surface area contributed by atoms with Crippen molar-refractivity contribution in [1.82, 2.24) is 9.47 Å². The second-order valence-corrected chi connectivity index (χ2v) is 7.65. The van der Waals surface area contributed by atoms with E-state index in [0.717, 1.165) is 34.4 Å². The van der Waals surface area contributed by atoms with Gasteiger partial charge in [0.2, 0.25) is 0 Å². The number of carbonyl (C=O) groups is 3. The van der Waals surface area contributed by atoms with Crippen LogP contribution in [0.2, 0.25) is 0 Å². The molecule has 140 valence electrons. The van der Waals surface area contributed by atoms with E-state index < -0.39 is 5.97 Å². The fourth-order valence-electron chi connectivity index (χ4n) is 3.15. The molecule has 3 rings (SSSR count). The van der Waals surface area contributed by atoms with Crippen LogP contribution in [0.25, 0.3) is 11.8 Å². The molecule has 1 aliphatic heterocycles. The summed E-state index contributed by atoms with van der Waals surface area (Å²) in [5, 5.41) is 8.79. The summed E-state index contributed by atoms with van der Waals surface area (Å²) in [4.78, 5) is 37.3. The van der Waals surface area contributed by atoms with E-state index in [1.165, 1.54) is 4.90 Å². The van der Waals surface area contributed by atoms with E-state index in [1.807, 2.05) is 38.3 Å². The maximum Gasteiger partial charge on any atom is 0.335 e. The average Bonchev–Trinajstić information content (AvgIpc) is 3.03. The first-order chi connectivity index (χ1) is 12.7. The number of nitrogens with zero attached hydrogens (tertiary/aromatic N) is 2. The molecule has 6 nitrogen and oxygen atoms in total. The van der Waals surface area contributed by atoms with Crippen molar-refractivity contribution in [3.05, 3.63) is 57.8 Å². The largest absolute Gasteiger partial charge is 0.478 e. The Balaban J connectivity index is 1.98. The Morgan fingerprint density at radius 1 is 1.15 bits per heavy atom. The number of aromatic carboxylic acids is 1. The molecule has 1 fully saturated rings. The average molecular weight is 384 g/mol. The monoisotopic (exact) mass is 384 g/mol. The number of amides is 2. The molecule has 1 aromatic carbocycles. The Morgan fingerprint density at radius 3 is 2.30 bits per heavy atom. The molecule has 1 N–H and O–H groups in total. The summed E-state index contributed by atoms with van der Waals surface area (Å²) < 4.78 is 1.99. The van der Waals surface area contributed by atoms with Crippen LogP contribution in [0.3, 0.4) is 0 Å². The molecule has 0 aliphatic carbocycles. The lowest BCUT2D eigenvalue weighted by molar-refractivity contribution is -0.123. The van der Waals surface area contributed by atoms with Crippen LogP contribution in [0.15, 0.2) is 35.2 Å². The molecule has 1 saturated heterocycles. The number of aromatic nitrogens is 1. The van der Waals surface area contributed by atoms with Crippen molar-refractivity contribution in [1.29, 1.82) is 0 Å². The highest BCUT2D eigenvalue weighted by Crippen LogP contribution is 2.34. The molecule has 0 saturated carbocycles. The van der Waals surface area contributed by atoms with Crippen LogP contribution < -0.4 is 0 Å². The van der Waals surface area contributed by atoms with Crippen LogP contribution in [0.5, 0.6) is 0 Å². The smallest absolute Gasteiger partial charge is 0.335 e. The first-order valence-corrected chi connectivity index (χ1v) is 9.32. The summed E-state index contributed by atoms with van der Waals surface area (Å²) in [7, 11) is 0. The third-order valence-electron chi connectivity index (χ3n) is 4.47. The van der Waals surface area contributed by atoms with E-state index in [4.69, 9.17) is 5.11 Å². The summed E-state index contributed by atoms with van der Waals surface area (Å²) in [6.07, 6.45) is 1.75. The number of carbonyl (C=O) groups excluding carboxylic acids is 2. The van der Waals surface area contributed by atoms with E-state index >= 15 is 0 Å². The van der Waals surface area contributed by atoms with E-state index in [-0.39, 0.29) is 22.8 Å². The summed E-state index contributed by atoms with van der Waals surface area (Å²) in [5.41, 5.74) is 3.77. The molecule has 1 aliphatic rings. The molecule has 0 spiro atoms. The Bertz CT molecular complexity index is 971. The lowest BCUT2D eigenvalue weighted by atomic mass is 10.2. The minimum atomic E-state index is -0.968. The van der Waals surface area contributed by atoms with Gasteiger partial charge >= 0.3 is 5.97 Å².